The van der Waals surface area contributed by atoms with Gasteiger partial charge in [-0.2, -0.15) is 4.31 Å². The molecule has 0 fully saturated rings. The Bertz CT molecular complexity index is 895. The van der Waals surface area contributed by atoms with Gasteiger partial charge in [0, 0.05) is 31.6 Å². The molecule has 1 aliphatic heterocycles. The highest BCUT2D eigenvalue weighted by Crippen LogP contribution is 2.29. The summed E-state index contributed by atoms with van der Waals surface area (Å²) in [6.45, 7) is 0.564. The normalized spacial score (nSPS) is 14.7. The summed E-state index contributed by atoms with van der Waals surface area (Å²) in [5.41, 5.74) is 4.07. The number of benzene rings is 1. The molecule has 2 heterocycles. The monoisotopic (exact) mass is 345 g/mol. The lowest BCUT2D eigenvalue weighted by molar-refractivity contribution is -0.124. The molecule has 0 radical (unpaired) electrons. The van der Waals surface area contributed by atoms with Crippen molar-refractivity contribution in [3.8, 4) is 0 Å². The van der Waals surface area contributed by atoms with Crippen molar-refractivity contribution < 1.29 is 18.4 Å². The van der Waals surface area contributed by atoms with Crippen LogP contribution in [0.5, 0.6) is 0 Å². The molecular weight excluding hydrogens is 330 g/mol. The summed E-state index contributed by atoms with van der Waals surface area (Å²) in [6.07, 6.45) is 5.60. The Morgan fingerprint density at radius 3 is 2.75 bits per heavy atom. The van der Waals surface area contributed by atoms with E-state index in [0.717, 1.165) is 16.7 Å². The van der Waals surface area contributed by atoms with Crippen LogP contribution in [0, 0.1) is 0 Å². The number of nitrogens with one attached hydrogen (secondary N) is 1. The fraction of sp³-hybridized carbons (Fsp3) is 0.125. The van der Waals surface area contributed by atoms with Crippen molar-refractivity contribution in [1.82, 2.24) is 14.8 Å². The third kappa shape index (κ3) is 3.21. The second-order valence-electron chi connectivity index (χ2n) is 5.30. The Morgan fingerprint density at radius 2 is 2.04 bits per heavy atom. The van der Waals surface area contributed by atoms with Gasteiger partial charge in [-0.05, 0) is 34.9 Å². The van der Waals surface area contributed by atoms with Crippen LogP contribution in [-0.2, 0) is 27.9 Å². The molecule has 1 amide bonds. The number of rotatable bonds is 4. The van der Waals surface area contributed by atoms with Gasteiger partial charge in [-0.3, -0.25) is 15.0 Å². The molecule has 1 aromatic heterocycles. The number of pyridine rings is 1. The summed E-state index contributed by atoms with van der Waals surface area (Å²) in [4.78, 5) is 15.0. The molecular formula is C16H15N3O4S. The van der Waals surface area contributed by atoms with E-state index in [4.69, 9.17) is 5.21 Å². The van der Waals surface area contributed by atoms with Crippen molar-refractivity contribution in [1.29, 1.82) is 0 Å². The van der Waals surface area contributed by atoms with Gasteiger partial charge in [0.2, 0.25) is 10.0 Å². The first kappa shape index (κ1) is 16.3. The minimum absolute atomic E-state index is 0.164. The Labute approximate surface area is 139 Å². The molecule has 0 aliphatic carbocycles. The third-order valence-corrected chi connectivity index (χ3v) is 5.51. The van der Waals surface area contributed by atoms with Gasteiger partial charge in [0.15, 0.2) is 0 Å². The van der Waals surface area contributed by atoms with Gasteiger partial charge in [0.1, 0.15) is 4.90 Å². The van der Waals surface area contributed by atoms with E-state index in [1.807, 2.05) is 12.1 Å². The minimum Gasteiger partial charge on any atom is -0.288 e. The number of fused-ring (bicyclic) bond motifs is 1. The van der Waals surface area contributed by atoms with E-state index in [1.54, 1.807) is 18.2 Å². The lowest BCUT2D eigenvalue weighted by atomic mass is 10.1. The maximum atomic E-state index is 12.6. The topological polar surface area (TPSA) is 99.6 Å². The average Bonchev–Trinajstić information content (AvgIpc) is 3.04. The zero-order valence-corrected chi connectivity index (χ0v) is 13.4. The molecule has 0 saturated heterocycles. The Kier molecular flexibility index (Phi) is 4.43. The molecule has 124 valence electrons. The first-order valence-corrected chi connectivity index (χ1v) is 8.59. The van der Waals surface area contributed by atoms with Crippen molar-refractivity contribution in [2.24, 2.45) is 0 Å². The van der Waals surface area contributed by atoms with E-state index in [-0.39, 0.29) is 11.4 Å². The molecule has 24 heavy (non-hydrogen) atoms. The van der Waals surface area contributed by atoms with Crippen LogP contribution in [0.15, 0.2) is 53.7 Å². The fourth-order valence-electron chi connectivity index (χ4n) is 2.51. The largest absolute Gasteiger partial charge is 0.288 e. The van der Waals surface area contributed by atoms with Gasteiger partial charge in [-0.25, -0.2) is 13.9 Å². The molecule has 3 rings (SSSR count). The lowest BCUT2D eigenvalue weighted by Gasteiger charge is -2.15. The quantitative estimate of drug-likeness (QED) is 0.494. The standard InChI is InChI=1S/C16H15N3O4S/c20-16(18-21)6-4-12-3-5-13-10-19(11-14(13)8-12)24(22,23)15-2-1-7-17-9-15/h1-9,21H,10-11H2,(H,18,20)/b6-4+. The maximum Gasteiger partial charge on any atom is 0.267 e. The molecule has 1 aromatic carbocycles. The van der Waals surface area contributed by atoms with Gasteiger partial charge in [0.05, 0.1) is 0 Å². The number of carbonyl (C=O) groups is 1. The summed E-state index contributed by atoms with van der Waals surface area (Å²) in [7, 11) is -3.59. The number of carbonyl (C=O) groups excluding carboxylic acids is 1. The Balaban J connectivity index is 1.83. The predicted octanol–water partition coefficient (Wildman–Crippen LogP) is 1.30. The zero-order chi connectivity index (χ0) is 17.2. The molecule has 0 unspecified atom stereocenters. The van der Waals surface area contributed by atoms with Gasteiger partial charge >= 0.3 is 0 Å². The summed E-state index contributed by atoms with van der Waals surface area (Å²) >= 11 is 0. The van der Waals surface area contributed by atoms with E-state index in [0.29, 0.717) is 6.54 Å². The van der Waals surface area contributed by atoms with Crippen LogP contribution in [0.25, 0.3) is 6.08 Å². The number of hydrogen-bond donors (Lipinski definition) is 2. The van der Waals surface area contributed by atoms with Crippen LogP contribution >= 0.6 is 0 Å². The molecule has 7 nitrogen and oxygen atoms in total. The van der Waals surface area contributed by atoms with E-state index < -0.39 is 15.9 Å². The molecule has 0 saturated carbocycles. The number of sulfonamides is 1. The van der Waals surface area contributed by atoms with Gasteiger partial charge < -0.3 is 0 Å². The average molecular weight is 345 g/mol. The Morgan fingerprint density at radius 1 is 1.25 bits per heavy atom. The second-order valence-corrected chi connectivity index (χ2v) is 7.24. The molecule has 1 aliphatic rings. The van der Waals surface area contributed by atoms with Crippen molar-refractivity contribution in [2.75, 3.05) is 0 Å². The van der Waals surface area contributed by atoms with Crippen molar-refractivity contribution in [3.63, 3.8) is 0 Å². The molecule has 0 atom stereocenters. The number of hydrogen-bond acceptors (Lipinski definition) is 5. The third-order valence-electron chi connectivity index (χ3n) is 3.73. The lowest BCUT2D eigenvalue weighted by Crippen LogP contribution is -2.25. The number of nitrogens with zero attached hydrogens (tertiary/aromatic N) is 2. The van der Waals surface area contributed by atoms with E-state index in [9.17, 15) is 13.2 Å². The van der Waals surface area contributed by atoms with Crippen molar-refractivity contribution in [2.45, 2.75) is 18.0 Å². The van der Waals surface area contributed by atoms with Crippen LogP contribution < -0.4 is 5.48 Å². The predicted molar refractivity (Wildman–Crippen MR) is 86.1 cm³/mol. The molecule has 8 heteroatoms. The number of amides is 1. The van der Waals surface area contributed by atoms with Crippen LogP contribution in [0.1, 0.15) is 16.7 Å². The Hall–Kier alpha value is -2.55. The van der Waals surface area contributed by atoms with Crippen LogP contribution in [0.3, 0.4) is 0 Å². The van der Waals surface area contributed by atoms with Gasteiger partial charge in [0.25, 0.3) is 5.91 Å². The number of hydroxylamine groups is 1. The van der Waals surface area contributed by atoms with Crippen molar-refractivity contribution in [3.05, 3.63) is 65.5 Å². The fourth-order valence-corrected chi connectivity index (χ4v) is 3.88. The van der Waals surface area contributed by atoms with Gasteiger partial charge in [-0.1, -0.05) is 18.2 Å². The summed E-state index contributed by atoms with van der Waals surface area (Å²) in [5, 5.41) is 8.47. The summed E-state index contributed by atoms with van der Waals surface area (Å²) in [6, 6.07) is 8.57. The number of aromatic nitrogens is 1. The molecule has 0 spiro atoms. The van der Waals surface area contributed by atoms with E-state index in [1.165, 1.54) is 34.3 Å². The SMILES string of the molecule is O=C(/C=C/c1ccc2c(c1)CN(S(=O)(=O)c1cccnc1)C2)NO. The highest BCUT2D eigenvalue weighted by molar-refractivity contribution is 7.89. The molecule has 2 N–H and O–H groups in total. The van der Waals surface area contributed by atoms with Crippen LogP contribution in [-0.4, -0.2) is 28.8 Å². The summed E-state index contributed by atoms with van der Waals surface area (Å²) in [5.74, 6) is -0.628. The second kappa shape index (κ2) is 6.52. The van der Waals surface area contributed by atoms with Crippen LogP contribution in [0.2, 0.25) is 0 Å². The van der Waals surface area contributed by atoms with Crippen molar-refractivity contribution >= 4 is 22.0 Å². The smallest absolute Gasteiger partial charge is 0.267 e. The first-order chi connectivity index (χ1) is 11.5. The molecule has 2 aromatic rings. The maximum absolute atomic E-state index is 12.6. The zero-order valence-electron chi connectivity index (χ0n) is 12.6. The minimum atomic E-state index is -3.59. The first-order valence-electron chi connectivity index (χ1n) is 7.15. The van der Waals surface area contributed by atoms with Gasteiger partial charge in [-0.15, -0.1) is 0 Å². The van der Waals surface area contributed by atoms with E-state index in [2.05, 4.69) is 4.98 Å². The highest BCUT2D eigenvalue weighted by Gasteiger charge is 2.30. The van der Waals surface area contributed by atoms with Crippen LogP contribution in [0.4, 0.5) is 0 Å². The summed E-state index contributed by atoms with van der Waals surface area (Å²) < 4.78 is 26.7. The van der Waals surface area contributed by atoms with E-state index >= 15 is 0 Å². The highest BCUT2D eigenvalue weighted by atomic mass is 32.2. The molecule has 0 bridgehead atoms.